The molecule has 0 atom stereocenters. The van der Waals surface area contributed by atoms with E-state index in [2.05, 4.69) is 206 Å². The molecule has 11 rings (SSSR count). The van der Waals surface area contributed by atoms with Crippen molar-refractivity contribution in [2.24, 2.45) is 0 Å². The lowest BCUT2D eigenvalue weighted by molar-refractivity contribution is 0.550. The van der Waals surface area contributed by atoms with Gasteiger partial charge in [0, 0.05) is 5.41 Å². The summed E-state index contributed by atoms with van der Waals surface area (Å²) in [6.45, 7) is 0. The summed E-state index contributed by atoms with van der Waals surface area (Å²) in [5.74, 6) is 0. The Kier molecular flexibility index (Phi) is 8.11. The molecule has 0 radical (unpaired) electrons. The first-order valence-electron chi connectivity index (χ1n) is 20.5. The highest BCUT2D eigenvalue weighted by molar-refractivity contribution is 6.21. The molecule has 2 aliphatic rings. The number of rotatable bonds is 6. The molecule has 57 heavy (non-hydrogen) atoms. The van der Waals surface area contributed by atoms with E-state index < -0.39 is 0 Å². The van der Waals surface area contributed by atoms with Crippen LogP contribution in [-0.4, -0.2) is 0 Å². The largest absolute Gasteiger partial charge is 0.0622 e. The summed E-state index contributed by atoms with van der Waals surface area (Å²) in [6, 6.07) is 74.2. The Bertz CT molecular complexity index is 2880. The van der Waals surface area contributed by atoms with E-state index in [4.69, 9.17) is 0 Å². The predicted octanol–water partition coefficient (Wildman–Crippen LogP) is 15.4. The SMILES string of the molecule is C(=C(c1ccccc1)c1ccccc1)c1ccc(-c2c3ccccc3c(-c3cccc(-c4ccc5c(c4)C4(CCCC4)c4ccccc4-5)c3)c3ccccc23)cc1. The van der Waals surface area contributed by atoms with Gasteiger partial charge in [0.2, 0.25) is 0 Å². The van der Waals surface area contributed by atoms with Gasteiger partial charge in [-0.3, -0.25) is 0 Å². The molecule has 0 aromatic heterocycles. The maximum absolute atomic E-state index is 2.53. The van der Waals surface area contributed by atoms with Gasteiger partial charge < -0.3 is 0 Å². The van der Waals surface area contributed by atoms with Crippen LogP contribution in [0.2, 0.25) is 0 Å². The standard InChI is InChI=1S/C57H42/c1-3-16-40(17-4-1)52(41-18-5-2-6-19-41)36-39-28-30-42(31-29-39)55-48-23-7-9-25-50(48)56(51-26-10-8-24-49(51)55)45-21-15-20-43(37-45)44-32-33-47-46-22-11-12-27-53(46)57(54(47)38-44)34-13-14-35-57/h1-12,15-33,36-38H,13-14,34-35H2. The molecule has 1 saturated carbocycles. The Hall–Kier alpha value is -6.76. The van der Waals surface area contributed by atoms with Gasteiger partial charge in [0.15, 0.2) is 0 Å². The van der Waals surface area contributed by atoms with Crippen LogP contribution < -0.4 is 0 Å². The summed E-state index contributed by atoms with van der Waals surface area (Å²) in [7, 11) is 0. The molecule has 0 bridgehead atoms. The first-order chi connectivity index (χ1) is 28.2. The third-order valence-electron chi connectivity index (χ3n) is 12.8. The maximum atomic E-state index is 2.53. The molecule has 0 saturated heterocycles. The van der Waals surface area contributed by atoms with E-state index in [1.165, 1.54) is 125 Å². The summed E-state index contributed by atoms with van der Waals surface area (Å²) in [5.41, 5.74) is 18.5. The summed E-state index contributed by atoms with van der Waals surface area (Å²) in [6.07, 6.45) is 7.40. The average molecular weight is 727 g/mol. The van der Waals surface area contributed by atoms with Crippen LogP contribution in [0.1, 0.15) is 53.5 Å². The molecule has 270 valence electrons. The van der Waals surface area contributed by atoms with Crippen molar-refractivity contribution in [1.29, 1.82) is 0 Å². The van der Waals surface area contributed by atoms with Gasteiger partial charge in [-0.05, 0) is 130 Å². The molecule has 0 heteroatoms. The van der Waals surface area contributed by atoms with Crippen molar-refractivity contribution in [2.45, 2.75) is 31.1 Å². The minimum absolute atomic E-state index is 0.155. The quantitative estimate of drug-likeness (QED) is 0.118. The van der Waals surface area contributed by atoms with Gasteiger partial charge in [0.1, 0.15) is 0 Å². The zero-order valence-electron chi connectivity index (χ0n) is 32.0. The lowest BCUT2D eigenvalue weighted by Gasteiger charge is -2.27. The highest BCUT2D eigenvalue weighted by Crippen LogP contribution is 2.57. The van der Waals surface area contributed by atoms with Crippen molar-refractivity contribution in [3.8, 4) is 44.5 Å². The smallest absolute Gasteiger partial charge is 0.0215 e. The third-order valence-corrected chi connectivity index (χ3v) is 12.8. The Labute approximate surface area is 335 Å². The summed E-state index contributed by atoms with van der Waals surface area (Å²) in [5, 5.41) is 5.09. The van der Waals surface area contributed by atoms with Crippen LogP contribution in [0.5, 0.6) is 0 Å². The molecule has 9 aromatic rings. The van der Waals surface area contributed by atoms with E-state index in [-0.39, 0.29) is 5.41 Å². The van der Waals surface area contributed by atoms with Crippen molar-refractivity contribution < 1.29 is 0 Å². The molecule has 1 fully saturated rings. The van der Waals surface area contributed by atoms with E-state index in [0.29, 0.717) is 0 Å². The topological polar surface area (TPSA) is 0 Å². The molecule has 0 aliphatic heterocycles. The van der Waals surface area contributed by atoms with Crippen LogP contribution in [-0.2, 0) is 5.41 Å². The highest BCUT2D eigenvalue weighted by Gasteiger charge is 2.44. The zero-order chi connectivity index (χ0) is 37.8. The van der Waals surface area contributed by atoms with Crippen LogP contribution >= 0.6 is 0 Å². The summed E-state index contributed by atoms with van der Waals surface area (Å²) in [4.78, 5) is 0. The molecular formula is C57H42. The second-order valence-corrected chi connectivity index (χ2v) is 15.9. The minimum atomic E-state index is 0.155. The van der Waals surface area contributed by atoms with Crippen LogP contribution in [0, 0.1) is 0 Å². The lowest BCUT2D eigenvalue weighted by atomic mass is 9.76. The number of hydrogen-bond donors (Lipinski definition) is 0. The van der Waals surface area contributed by atoms with Crippen LogP contribution in [0.25, 0.3) is 77.7 Å². The van der Waals surface area contributed by atoms with E-state index in [9.17, 15) is 0 Å². The highest BCUT2D eigenvalue weighted by atomic mass is 14.5. The minimum Gasteiger partial charge on any atom is -0.0622 e. The van der Waals surface area contributed by atoms with Crippen molar-refractivity contribution in [1.82, 2.24) is 0 Å². The summed E-state index contributed by atoms with van der Waals surface area (Å²) < 4.78 is 0. The fourth-order valence-electron chi connectivity index (χ4n) is 10.2. The Morgan fingerprint density at radius 3 is 1.49 bits per heavy atom. The van der Waals surface area contributed by atoms with Crippen LogP contribution in [0.3, 0.4) is 0 Å². The molecule has 0 unspecified atom stereocenters. The van der Waals surface area contributed by atoms with Crippen LogP contribution in [0.4, 0.5) is 0 Å². The van der Waals surface area contributed by atoms with Gasteiger partial charge in [-0.25, -0.2) is 0 Å². The van der Waals surface area contributed by atoms with Crippen molar-refractivity contribution in [2.75, 3.05) is 0 Å². The number of benzene rings is 9. The summed E-state index contributed by atoms with van der Waals surface area (Å²) >= 11 is 0. The second-order valence-electron chi connectivity index (χ2n) is 15.9. The van der Waals surface area contributed by atoms with Crippen molar-refractivity contribution in [3.63, 3.8) is 0 Å². The Morgan fingerprint density at radius 2 is 0.860 bits per heavy atom. The molecule has 0 heterocycles. The Balaban J connectivity index is 1.02. The molecule has 1 spiro atoms. The zero-order valence-corrected chi connectivity index (χ0v) is 32.0. The molecule has 0 nitrogen and oxygen atoms in total. The van der Waals surface area contributed by atoms with Gasteiger partial charge in [-0.1, -0.05) is 201 Å². The predicted molar refractivity (Wildman–Crippen MR) is 242 cm³/mol. The second kappa shape index (κ2) is 13.8. The van der Waals surface area contributed by atoms with Gasteiger partial charge in [0.05, 0.1) is 0 Å². The first kappa shape index (κ1) is 33.6. The Morgan fingerprint density at radius 1 is 0.368 bits per heavy atom. The molecular weight excluding hydrogens is 685 g/mol. The van der Waals surface area contributed by atoms with Gasteiger partial charge >= 0.3 is 0 Å². The monoisotopic (exact) mass is 726 g/mol. The van der Waals surface area contributed by atoms with Crippen LogP contribution in [0.15, 0.2) is 200 Å². The molecule has 0 amide bonds. The van der Waals surface area contributed by atoms with Gasteiger partial charge in [0.25, 0.3) is 0 Å². The van der Waals surface area contributed by atoms with Gasteiger partial charge in [-0.15, -0.1) is 0 Å². The normalized spacial score (nSPS) is 13.8. The first-order valence-corrected chi connectivity index (χ1v) is 20.5. The molecule has 0 N–H and O–H groups in total. The lowest BCUT2D eigenvalue weighted by Crippen LogP contribution is -2.20. The molecule has 9 aromatic carbocycles. The third kappa shape index (κ3) is 5.59. The van der Waals surface area contributed by atoms with Crippen molar-refractivity contribution >= 4 is 33.2 Å². The van der Waals surface area contributed by atoms with Gasteiger partial charge in [-0.2, -0.15) is 0 Å². The van der Waals surface area contributed by atoms with E-state index >= 15 is 0 Å². The van der Waals surface area contributed by atoms with E-state index in [0.717, 1.165) is 0 Å². The van der Waals surface area contributed by atoms with Crippen molar-refractivity contribution in [3.05, 3.63) is 228 Å². The fraction of sp³-hybridized carbons (Fsp3) is 0.0877. The number of hydrogen-bond acceptors (Lipinski definition) is 0. The average Bonchev–Trinajstić information content (AvgIpc) is 3.89. The molecule has 2 aliphatic carbocycles. The van der Waals surface area contributed by atoms with E-state index in [1.54, 1.807) is 0 Å². The fourth-order valence-corrected chi connectivity index (χ4v) is 10.2. The maximum Gasteiger partial charge on any atom is 0.0215 e. The number of fused-ring (bicyclic) bond motifs is 7. The van der Waals surface area contributed by atoms with E-state index in [1.807, 2.05) is 0 Å².